The first-order chi connectivity index (χ1) is 13.6. The molecule has 0 saturated heterocycles. The highest BCUT2D eigenvalue weighted by Crippen LogP contribution is 2.50. The molecule has 1 aliphatic rings. The van der Waals surface area contributed by atoms with Gasteiger partial charge in [0, 0.05) is 10.5 Å². The third-order valence-electron chi connectivity index (χ3n) is 4.88. The van der Waals surface area contributed by atoms with Crippen LogP contribution in [-0.4, -0.2) is 28.4 Å². The molecule has 0 saturated carbocycles. The number of fused-ring (bicyclic) bond motifs is 3. The van der Waals surface area contributed by atoms with Gasteiger partial charge in [0.1, 0.15) is 0 Å². The van der Waals surface area contributed by atoms with Crippen molar-refractivity contribution in [3.63, 3.8) is 0 Å². The van der Waals surface area contributed by atoms with Crippen molar-refractivity contribution in [1.29, 1.82) is 0 Å². The number of azide groups is 1. The molecule has 0 fully saturated rings. The Labute approximate surface area is 162 Å². The van der Waals surface area contributed by atoms with E-state index >= 15 is 0 Å². The highest BCUT2D eigenvalue weighted by Gasteiger charge is 2.28. The molecule has 8 heteroatoms. The molecule has 0 bridgehead atoms. The maximum Gasteiger partial charge on any atom is 0.220 e. The van der Waals surface area contributed by atoms with Crippen LogP contribution < -0.4 is 24.4 Å². The van der Waals surface area contributed by atoms with Crippen LogP contribution in [-0.2, 0) is 6.42 Å². The van der Waals surface area contributed by atoms with Crippen LogP contribution in [0.25, 0.3) is 21.6 Å². The van der Waals surface area contributed by atoms with Gasteiger partial charge in [-0.25, -0.2) is 0 Å². The van der Waals surface area contributed by atoms with Gasteiger partial charge >= 0.3 is 0 Å². The lowest BCUT2D eigenvalue weighted by Crippen LogP contribution is -2.01. The van der Waals surface area contributed by atoms with E-state index in [4.69, 9.17) is 24.5 Å². The minimum atomic E-state index is -0.463. The predicted molar refractivity (Wildman–Crippen MR) is 105 cm³/mol. The summed E-state index contributed by atoms with van der Waals surface area (Å²) in [6.45, 7) is 0. The SMILES string of the molecule is COc1cc2c(c(OC)c1OC)-c1ccc(=O)c(OC)cc1[C@@H](N=[N+]=[N-])CC2. The fourth-order valence-electron chi connectivity index (χ4n) is 3.62. The summed E-state index contributed by atoms with van der Waals surface area (Å²) < 4.78 is 21.9. The first kappa shape index (κ1) is 19.4. The molecular weight excluding hydrogens is 362 g/mol. The quantitative estimate of drug-likeness (QED) is 0.440. The summed E-state index contributed by atoms with van der Waals surface area (Å²) in [5.74, 6) is 1.68. The zero-order valence-electron chi connectivity index (χ0n) is 16.2. The van der Waals surface area contributed by atoms with Gasteiger partial charge in [-0.3, -0.25) is 4.79 Å². The van der Waals surface area contributed by atoms with Crippen molar-refractivity contribution in [2.45, 2.75) is 18.9 Å². The van der Waals surface area contributed by atoms with Gasteiger partial charge in [0.25, 0.3) is 0 Å². The topological polar surface area (TPSA) is 103 Å². The Bertz CT molecular complexity index is 1020. The van der Waals surface area contributed by atoms with Crippen LogP contribution in [0.4, 0.5) is 0 Å². The Morgan fingerprint density at radius 3 is 2.32 bits per heavy atom. The van der Waals surface area contributed by atoms with Crippen molar-refractivity contribution in [3.05, 3.63) is 56.1 Å². The molecule has 0 heterocycles. The highest BCUT2D eigenvalue weighted by atomic mass is 16.5. The van der Waals surface area contributed by atoms with E-state index in [2.05, 4.69) is 10.0 Å². The van der Waals surface area contributed by atoms with Crippen LogP contribution >= 0.6 is 0 Å². The maximum absolute atomic E-state index is 12.3. The molecule has 2 aromatic rings. The number of rotatable bonds is 5. The fraction of sp³-hybridized carbons (Fsp3) is 0.350. The highest BCUT2D eigenvalue weighted by molar-refractivity contribution is 5.82. The van der Waals surface area contributed by atoms with Crippen molar-refractivity contribution in [2.75, 3.05) is 28.4 Å². The van der Waals surface area contributed by atoms with Crippen molar-refractivity contribution < 1.29 is 18.9 Å². The summed E-state index contributed by atoms with van der Waals surface area (Å²) in [5, 5.41) is 3.96. The normalized spacial score (nSPS) is 14.6. The van der Waals surface area contributed by atoms with E-state index in [1.807, 2.05) is 6.07 Å². The van der Waals surface area contributed by atoms with Gasteiger partial charge < -0.3 is 18.9 Å². The van der Waals surface area contributed by atoms with Crippen molar-refractivity contribution in [1.82, 2.24) is 0 Å². The molecule has 1 atom stereocenters. The molecule has 2 aromatic carbocycles. The Kier molecular flexibility index (Phi) is 5.61. The van der Waals surface area contributed by atoms with Crippen molar-refractivity contribution in [2.24, 2.45) is 5.11 Å². The largest absolute Gasteiger partial charge is 0.493 e. The first-order valence-electron chi connectivity index (χ1n) is 8.68. The Morgan fingerprint density at radius 1 is 1.00 bits per heavy atom. The van der Waals surface area contributed by atoms with Crippen LogP contribution in [0.2, 0.25) is 0 Å². The number of methoxy groups -OCH3 is 4. The van der Waals surface area contributed by atoms with Gasteiger partial charge in [0.2, 0.25) is 11.2 Å². The van der Waals surface area contributed by atoms with E-state index in [9.17, 15) is 4.79 Å². The molecule has 146 valence electrons. The summed E-state index contributed by atoms with van der Waals surface area (Å²) >= 11 is 0. The lowest BCUT2D eigenvalue weighted by atomic mass is 9.95. The van der Waals surface area contributed by atoms with Gasteiger partial charge in [-0.1, -0.05) is 5.11 Å². The number of nitrogens with zero attached hydrogens (tertiary/aromatic N) is 3. The molecular formula is C20H21N3O5. The molecule has 0 amide bonds. The van der Waals surface area contributed by atoms with Crippen LogP contribution in [0.3, 0.4) is 0 Å². The van der Waals surface area contributed by atoms with Crippen LogP contribution in [0.5, 0.6) is 23.0 Å². The second kappa shape index (κ2) is 8.10. The van der Waals surface area contributed by atoms with E-state index < -0.39 is 6.04 Å². The second-order valence-electron chi connectivity index (χ2n) is 6.22. The Balaban J connectivity index is 2.47. The second-order valence-corrected chi connectivity index (χ2v) is 6.22. The monoisotopic (exact) mass is 383 g/mol. The summed E-state index contributed by atoms with van der Waals surface area (Å²) in [6.07, 6.45) is 1.19. The standard InChI is InChI=1S/C20H21N3O5/c1-25-16-10-13-12(6-8-15(16)24)18-11(5-7-14(13)22-23-21)9-17(26-2)19(27-3)20(18)28-4/h6,8-10,14H,5,7H2,1-4H3/t14-/m0/s1. The molecule has 0 spiro atoms. The zero-order chi connectivity index (χ0) is 20.3. The molecule has 0 unspecified atom stereocenters. The molecule has 3 rings (SSSR count). The molecule has 1 aliphatic carbocycles. The molecule has 28 heavy (non-hydrogen) atoms. The molecule has 0 aliphatic heterocycles. The van der Waals surface area contributed by atoms with Gasteiger partial charge in [0.15, 0.2) is 17.2 Å². The molecule has 0 radical (unpaired) electrons. The Hall–Kier alpha value is -3.38. The van der Waals surface area contributed by atoms with Gasteiger partial charge in [0.05, 0.1) is 34.5 Å². The van der Waals surface area contributed by atoms with E-state index in [0.717, 1.165) is 16.7 Å². The number of benzene rings is 1. The molecule has 0 N–H and O–H groups in total. The van der Waals surface area contributed by atoms with Crippen LogP contribution in [0, 0.1) is 0 Å². The lowest BCUT2D eigenvalue weighted by Gasteiger charge is -2.19. The summed E-state index contributed by atoms with van der Waals surface area (Å²) in [4.78, 5) is 15.3. The number of aryl methyl sites for hydroxylation is 1. The summed E-state index contributed by atoms with van der Waals surface area (Å²) in [6, 6.07) is 6.22. The van der Waals surface area contributed by atoms with E-state index in [1.165, 1.54) is 20.3 Å². The fourth-order valence-corrected chi connectivity index (χ4v) is 3.62. The zero-order valence-corrected chi connectivity index (χ0v) is 16.2. The van der Waals surface area contributed by atoms with Crippen molar-refractivity contribution >= 4 is 0 Å². The lowest BCUT2D eigenvalue weighted by molar-refractivity contribution is 0.324. The first-order valence-corrected chi connectivity index (χ1v) is 8.68. The third-order valence-corrected chi connectivity index (χ3v) is 4.88. The smallest absolute Gasteiger partial charge is 0.220 e. The molecule has 0 aromatic heterocycles. The average Bonchev–Trinajstić information content (AvgIpc) is 2.96. The molecule has 8 nitrogen and oxygen atoms in total. The van der Waals surface area contributed by atoms with Gasteiger partial charge in [-0.05, 0) is 59.3 Å². The number of ether oxygens (including phenoxy) is 4. The minimum Gasteiger partial charge on any atom is -0.493 e. The summed E-state index contributed by atoms with van der Waals surface area (Å²) in [5.41, 5.74) is 11.9. The number of hydrogen-bond donors (Lipinski definition) is 0. The maximum atomic E-state index is 12.3. The third kappa shape index (κ3) is 3.18. The Morgan fingerprint density at radius 2 is 1.71 bits per heavy atom. The minimum absolute atomic E-state index is 0.183. The predicted octanol–water partition coefficient (Wildman–Crippen LogP) is 4.05. The van der Waals surface area contributed by atoms with Crippen molar-refractivity contribution in [3.8, 4) is 34.1 Å². The van der Waals surface area contributed by atoms with Crippen LogP contribution in [0.15, 0.2) is 34.2 Å². The van der Waals surface area contributed by atoms with E-state index in [-0.39, 0.29) is 11.2 Å². The van der Waals surface area contributed by atoms with Gasteiger partial charge in [-0.2, -0.15) is 0 Å². The number of hydrogen-bond acceptors (Lipinski definition) is 6. The van der Waals surface area contributed by atoms with Crippen LogP contribution in [0.1, 0.15) is 23.6 Å². The van der Waals surface area contributed by atoms with E-state index in [1.54, 1.807) is 26.4 Å². The summed E-state index contributed by atoms with van der Waals surface area (Å²) in [7, 11) is 6.09. The van der Waals surface area contributed by atoms with E-state index in [0.29, 0.717) is 35.7 Å². The average molecular weight is 383 g/mol. The van der Waals surface area contributed by atoms with Gasteiger partial charge in [-0.15, -0.1) is 0 Å².